The molecule has 0 bridgehead atoms. The third-order valence-electron chi connectivity index (χ3n) is 3.57. The molecule has 0 aliphatic heterocycles. The number of nitrogens with one attached hydrogen (secondary N) is 1. The van der Waals surface area contributed by atoms with E-state index < -0.39 is 0 Å². The second kappa shape index (κ2) is 8.80. The van der Waals surface area contributed by atoms with Gasteiger partial charge in [-0.3, -0.25) is 4.79 Å². The smallest absolute Gasteiger partial charge is 0.220 e. The number of benzene rings is 1. The highest BCUT2D eigenvalue weighted by atomic mass is 16.1. The monoisotopic (exact) mass is 319 g/mol. The zero-order valence-electron chi connectivity index (χ0n) is 15.4. The molecule has 0 aromatic heterocycles. The molecule has 0 saturated carbocycles. The van der Waals surface area contributed by atoms with Gasteiger partial charge in [0.15, 0.2) is 0 Å². The summed E-state index contributed by atoms with van der Waals surface area (Å²) in [5, 5.41) is 2.99. The Kier molecular flexibility index (Phi) is 7.40. The standard InChI is InChI=1S/C19H33N3O/c1-6-12-22(13-7-2)17-10-8-15(14-16(17)20)9-11-18(23)21-19(3,4)5/h8,10,14H,6-7,9,11-13,20H2,1-5H3,(H,21,23). The first-order valence-electron chi connectivity index (χ1n) is 8.71. The number of aryl methyl sites for hydroxylation is 1. The quantitative estimate of drug-likeness (QED) is 0.718. The lowest BCUT2D eigenvalue weighted by Gasteiger charge is -2.25. The molecular weight excluding hydrogens is 286 g/mol. The Bertz CT molecular complexity index is 500. The average Bonchev–Trinajstić information content (AvgIpc) is 2.43. The molecule has 0 heterocycles. The Balaban J connectivity index is 2.70. The fourth-order valence-electron chi connectivity index (χ4n) is 2.68. The molecule has 1 amide bonds. The van der Waals surface area contributed by atoms with Gasteiger partial charge in [-0.25, -0.2) is 0 Å². The number of carbonyl (C=O) groups excluding carboxylic acids is 1. The van der Waals surface area contributed by atoms with Crippen LogP contribution in [0.2, 0.25) is 0 Å². The lowest BCUT2D eigenvalue weighted by Crippen LogP contribution is -2.40. The molecule has 130 valence electrons. The lowest BCUT2D eigenvalue weighted by molar-refractivity contribution is -0.122. The highest BCUT2D eigenvalue weighted by Gasteiger charge is 2.14. The van der Waals surface area contributed by atoms with Crippen LogP contribution in [0.4, 0.5) is 11.4 Å². The molecule has 0 fully saturated rings. The molecule has 0 aliphatic rings. The molecule has 1 aromatic rings. The maximum absolute atomic E-state index is 11.9. The van der Waals surface area contributed by atoms with Crippen LogP contribution < -0.4 is 16.0 Å². The SMILES string of the molecule is CCCN(CCC)c1ccc(CCC(=O)NC(C)(C)C)cc1N. The average molecular weight is 319 g/mol. The van der Waals surface area contributed by atoms with Gasteiger partial charge in [-0.2, -0.15) is 0 Å². The number of hydrogen-bond donors (Lipinski definition) is 2. The largest absolute Gasteiger partial charge is 0.397 e. The van der Waals surface area contributed by atoms with Crippen molar-refractivity contribution in [1.29, 1.82) is 0 Å². The summed E-state index contributed by atoms with van der Waals surface area (Å²) in [6.45, 7) is 12.4. The van der Waals surface area contributed by atoms with Crippen LogP contribution in [0.1, 0.15) is 59.4 Å². The van der Waals surface area contributed by atoms with Gasteiger partial charge in [0.05, 0.1) is 11.4 Å². The minimum absolute atomic E-state index is 0.0822. The fraction of sp³-hybridized carbons (Fsp3) is 0.632. The van der Waals surface area contributed by atoms with Crippen molar-refractivity contribution < 1.29 is 4.79 Å². The number of nitrogen functional groups attached to an aromatic ring is 1. The van der Waals surface area contributed by atoms with Crippen LogP contribution in [0.3, 0.4) is 0 Å². The topological polar surface area (TPSA) is 58.4 Å². The molecule has 4 heteroatoms. The maximum atomic E-state index is 11.9. The molecular formula is C19H33N3O. The predicted molar refractivity (Wildman–Crippen MR) is 99.9 cm³/mol. The minimum Gasteiger partial charge on any atom is -0.397 e. The first kappa shape index (κ1) is 19.3. The third-order valence-corrected chi connectivity index (χ3v) is 3.57. The van der Waals surface area contributed by atoms with E-state index in [-0.39, 0.29) is 11.4 Å². The molecule has 23 heavy (non-hydrogen) atoms. The number of carbonyl (C=O) groups is 1. The van der Waals surface area contributed by atoms with E-state index >= 15 is 0 Å². The molecule has 0 aliphatic carbocycles. The van der Waals surface area contributed by atoms with Gasteiger partial charge in [-0.15, -0.1) is 0 Å². The van der Waals surface area contributed by atoms with E-state index in [1.54, 1.807) is 0 Å². The zero-order chi connectivity index (χ0) is 17.5. The summed E-state index contributed by atoms with van der Waals surface area (Å²) in [4.78, 5) is 14.3. The molecule has 0 spiro atoms. The van der Waals surface area contributed by atoms with E-state index in [2.05, 4.69) is 36.2 Å². The van der Waals surface area contributed by atoms with Crippen LogP contribution in [-0.4, -0.2) is 24.5 Å². The maximum Gasteiger partial charge on any atom is 0.220 e. The highest BCUT2D eigenvalue weighted by Crippen LogP contribution is 2.25. The number of nitrogens with zero attached hydrogens (tertiary/aromatic N) is 1. The molecule has 0 saturated heterocycles. The van der Waals surface area contributed by atoms with Gasteiger partial charge in [0.25, 0.3) is 0 Å². The van der Waals surface area contributed by atoms with Crippen molar-refractivity contribution in [2.75, 3.05) is 23.7 Å². The van der Waals surface area contributed by atoms with Gasteiger partial charge in [0.2, 0.25) is 5.91 Å². The summed E-state index contributed by atoms with van der Waals surface area (Å²) in [6, 6.07) is 6.20. The fourth-order valence-corrected chi connectivity index (χ4v) is 2.68. The van der Waals surface area contributed by atoms with Crippen molar-refractivity contribution in [2.45, 2.75) is 65.8 Å². The number of rotatable bonds is 8. The third kappa shape index (κ3) is 6.93. The van der Waals surface area contributed by atoms with E-state index in [9.17, 15) is 4.79 Å². The van der Waals surface area contributed by atoms with Gasteiger partial charge in [0.1, 0.15) is 0 Å². The van der Waals surface area contributed by atoms with E-state index in [1.807, 2.05) is 26.8 Å². The first-order valence-corrected chi connectivity index (χ1v) is 8.71. The van der Waals surface area contributed by atoms with E-state index in [0.717, 1.165) is 42.9 Å². The highest BCUT2D eigenvalue weighted by molar-refractivity contribution is 5.77. The summed E-state index contributed by atoms with van der Waals surface area (Å²) in [5.74, 6) is 0.0822. The lowest BCUT2D eigenvalue weighted by atomic mass is 10.1. The van der Waals surface area contributed by atoms with Crippen LogP contribution in [0.5, 0.6) is 0 Å². The van der Waals surface area contributed by atoms with Gasteiger partial charge in [-0.05, 0) is 57.7 Å². The second-order valence-corrected chi connectivity index (χ2v) is 7.18. The van der Waals surface area contributed by atoms with Gasteiger partial charge in [0, 0.05) is 25.0 Å². The number of amides is 1. The summed E-state index contributed by atoms with van der Waals surface area (Å²) in [6.07, 6.45) is 3.42. The van der Waals surface area contributed by atoms with Crippen molar-refractivity contribution in [3.05, 3.63) is 23.8 Å². The summed E-state index contributed by atoms with van der Waals surface area (Å²) < 4.78 is 0. The van der Waals surface area contributed by atoms with E-state index in [0.29, 0.717) is 12.8 Å². The molecule has 0 radical (unpaired) electrons. The molecule has 1 rings (SSSR count). The Morgan fingerprint density at radius 2 is 1.78 bits per heavy atom. The molecule has 3 N–H and O–H groups in total. The number of nitrogens with two attached hydrogens (primary N) is 1. The molecule has 0 unspecified atom stereocenters. The van der Waals surface area contributed by atoms with Crippen LogP contribution in [0.15, 0.2) is 18.2 Å². The first-order chi connectivity index (χ1) is 10.8. The Morgan fingerprint density at radius 1 is 1.17 bits per heavy atom. The number of hydrogen-bond acceptors (Lipinski definition) is 3. The van der Waals surface area contributed by atoms with Crippen molar-refractivity contribution in [2.24, 2.45) is 0 Å². The summed E-state index contributed by atoms with van der Waals surface area (Å²) in [5.41, 5.74) is 9.10. The van der Waals surface area contributed by atoms with E-state index in [1.165, 1.54) is 0 Å². The normalized spacial score (nSPS) is 11.3. The van der Waals surface area contributed by atoms with Gasteiger partial charge in [-0.1, -0.05) is 19.9 Å². The van der Waals surface area contributed by atoms with E-state index in [4.69, 9.17) is 5.73 Å². The Morgan fingerprint density at radius 3 is 2.26 bits per heavy atom. The van der Waals surface area contributed by atoms with Crippen molar-refractivity contribution in [3.63, 3.8) is 0 Å². The van der Waals surface area contributed by atoms with Crippen molar-refractivity contribution >= 4 is 17.3 Å². The predicted octanol–water partition coefficient (Wildman–Crippen LogP) is 3.74. The van der Waals surface area contributed by atoms with Crippen molar-refractivity contribution in [1.82, 2.24) is 5.32 Å². The Hall–Kier alpha value is -1.71. The summed E-state index contributed by atoms with van der Waals surface area (Å²) >= 11 is 0. The van der Waals surface area contributed by atoms with Crippen LogP contribution in [0.25, 0.3) is 0 Å². The van der Waals surface area contributed by atoms with Gasteiger partial charge < -0.3 is 16.0 Å². The van der Waals surface area contributed by atoms with Crippen molar-refractivity contribution in [3.8, 4) is 0 Å². The van der Waals surface area contributed by atoms with Crippen LogP contribution >= 0.6 is 0 Å². The Labute approximate surface area is 141 Å². The zero-order valence-corrected chi connectivity index (χ0v) is 15.4. The number of anilines is 2. The molecule has 1 aromatic carbocycles. The van der Waals surface area contributed by atoms with Crippen LogP contribution in [0, 0.1) is 0 Å². The molecule has 4 nitrogen and oxygen atoms in total. The second-order valence-electron chi connectivity index (χ2n) is 7.18. The van der Waals surface area contributed by atoms with Crippen LogP contribution in [-0.2, 0) is 11.2 Å². The summed E-state index contributed by atoms with van der Waals surface area (Å²) in [7, 11) is 0. The molecule has 0 atom stereocenters. The minimum atomic E-state index is -0.180. The van der Waals surface area contributed by atoms with Gasteiger partial charge >= 0.3 is 0 Å².